The lowest BCUT2D eigenvalue weighted by molar-refractivity contribution is 0.0699. The van der Waals surface area contributed by atoms with Crippen molar-refractivity contribution in [1.82, 2.24) is 0 Å². The summed E-state index contributed by atoms with van der Waals surface area (Å²) in [6, 6.07) is 3.83. The fourth-order valence-corrected chi connectivity index (χ4v) is 1.40. The summed E-state index contributed by atoms with van der Waals surface area (Å²) in [6.07, 6.45) is 5.10. The third kappa shape index (κ3) is 1.86. The Hall–Kier alpha value is -2.15. The minimum Gasteiger partial charge on any atom is -0.478 e. The maximum atomic E-state index is 11.0. The van der Waals surface area contributed by atoms with E-state index >= 15 is 0 Å². The Balaban J connectivity index is 3.55. The summed E-state index contributed by atoms with van der Waals surface area (Å²) in [5.74, 6) is -1.09. The number of hydrogen-bond acceptors (Lipinski definition) is 3. The number of nitrogen functional groups attached to an aromatic ring is 1. The Morgan fingerprint density at radius 3 is 2.67 bits per heavy atom. The highest BCUT2D eigenvalue weighted by molar-refractivity contribution is 6.01. The molecule has 0 saturated heterocycles. The summed E-state index contributed by atoms with van der Waals surface area (Å²) in [7, 11) is 0. The number of aromatic carboxylic acids is 1. The van der Waals surface area contributed by atoms with Crippen molar-refractivity contribution in [2.24, 2.45) is 0 Å². The van der Waals surface area contributed by atoms with Crippen LogP contribution in [0.25, 0.3) is 0 Å². The fourth-order valence-electron chi connectivity index (χ4n) is 1.40. The largest absolute Gasteiger partial charge is 0.478 e. The van der Waals surface area contributed by atoms with E-state index < -0.39 is 5.97 Å². The number of terminal acetylenes is 1. The van der Waals surface area contributed by atoms with Gasteiger partial charge in [-0.05, 0) is 31.0 Å². The molecule has 0 fully saturated rings. The molecule has 0 atom stereocenters. The van der Waals surface area contributed by atoms with Gasteiger partial charge in [0.15, 0.2) is 0 Å². The number of carboxylic acid groups (broad SMARTS) is 1. The van der Waals surface area contributed by atoms with Gasteiger partial charge in [-0.2, -0.15) is 0 Å². The molecule has 0 bridgehead atoms. The molecule has 1 rings (SSSR count). The molecule has 4 heteroatoms. The zero-order valence-electron chi connectivity index (χ0n) is 8.59. The maximum Gasteiger partial charge on any atom is 0.339 e. The first kappa shape index (κ1) is 10.9. The van der Waals surface area contributed by atoms with Gasteiger partial charge in [0.1, 0.15) is 5.56 Å². The van der Waals surface area contributed by atoms with Crippen LogP contribution in [0.2, 0.25) is 0 Å². The van der Waals surface area contributed by atoms with Crippen LogP contribution in [0.15, 0.2) is 6.07 Å². The number of carbonyl (C=O) groups is 1. The first-order valence-corrected chi connectivity index (χ1v) is 4.33. The van der Waals surface area contributed by atoms with Gasteiger partial charge < -0.3 is 16.2 Å². The molecule has 15 heavy (non-hydrogen) atoms. The highest BCUT2D eigenvalue weighted by Gasteiger charge is 2.17. The van der Waals surface area contributed by atoms with Gasteiger partial charge in [-0.15, -0.1) is 0 Å². The van der Waals surface area contributed by atoms with E-state index in [0.717, 1.165) is 11.1 Å². The lowest BCUT2D eigenvalue weighted by atomic mass is 10.0. The molecule has 0 amide bonds. The minimum atomic E-state index is -1.09. The van der Waals surface area contributed by atoms with E-state index in [9.17, 15) is 4.79 Å². The fraction of sp³-hybridized carbons (Fsp3) is 0.182. The molecule has 0 spiro atoms. The van der Waals surface area contributed by atoms with Gasteiger partial charge >= 0.3 is 5.97 Å². The van der Waals surface area contributed by atoms with Gasteiger partial charge in [-0.1, -0.05) is 6.42 Å². The van der Waals surface area contributed by atoms with Crippen molar-refractivity contribution in [3.05, 3.63) is 22.8 Å². The Kier molecular flexibility index (Phi) is 2.86. The second kappa shape index (κ2) is 3.93. The quantitative estimate of drug-likeness (QED) is 0.388. The zero-order valence-corrected chi connectivity index (χ0v) is 8.59. The standard InChI is InChI=1S/C11H12N2O2/c1-4-13-10-7(3)6(2)5-8(12)9(10)11(14)15/h1,5,13H,12H2,2-3H3,(H,14,15). The number of rotatable bonds is 2. The van der Waals surface area contributed by atoms with Gasteiger partial charge in [0, 0.05) is 11.7 Å². The molecule has 0 aliphatic rings. The third-order valence-corrected chi connectivity index (χ3v) is 2.29. The lowest BCUT2D eigenvalue weighted by Gasteiger charge is -2.13. The molecule has 4 N–H and O–H groups in total. The summed E-state index contributed by atoms with van der Waals surface area (Å²) in [5, 5.41) is 11.6. The van der Waals surface area contributed by atoms with Crippen LogP contribution in [0.1, 0.15) is 21.5 Å². The van der Waals surface area contributed by atoms with E-state index in [4.69, 9.17) is 17.3 Å². The summed E-state index contributed by atoms with van der Waals surface area (Å²) < 4.78 is 0. The molecule has 0 saturated carbocycles. The van der Waals surface area contributed by atoms with Gasteiger partial charge in [0.2, 0.25) is 0 Å². The monoisotopic (exact) mass is 204 g/mol. The molecular weight excluding hydrogens is 192 g/mol. The lowest BCUT2D eigenvalue weighted by Crippen LogP contribution is -2.09. The SMILES string of the molecule is C#CNc1c(C)c(C)cc(N)c1C(=O)O. The van der Waals surface area contributed by atoms with Crippen LogP contribution in [0.4, 0.5) is 11.4 Å². The topological polar surface area (TPSA) is 75.3 Å². The zero-order chi connectivity index (χ0) is 11.6. The first-order chi connectivity index (χ1) is 6.99. The Labute approximate surface area is 88.1 Å². The average Bonchev–Trinajstić information content (AvgIpc) is 2.13. The summed E-state index contributed by atoms with van der Waals surface area (Å²) in [6.45, 7) is 3.64. The summed E-state index contributed by atoms with van der Waals surface area (Å²) >= 11 is 0. The van der Waals surface area contributed by atoms with Crippen molar-refractivity contribution in [3.63, 3.8) is 0 Å². The number of nitrogens with one attached hydrogen (secondary N) is 1. The number of nitrogens with two attached hydrogens (primary N) is 1. The molecule has 0 aliphatic carbocycles. The molecule has 0 radical (unpaired) electrons. The van der Waals surface area contributed by atoms with Crippen LogP contribution >= 0.6 is 0 Å². The predicted molar refractivity (Wildman–Crippen MR) is 59.7 cm³/mol. The van der Waals surface area contributed by atoms with Gasteiger partial charge in [-0.3, -0.25) is 0 Å². The highest BCUT2D eigenvalue weighted by atomic mass is 16.4. The number of hydrogen-bond donors (Lipinski definition) is 3. The Morgan fingerprint density at radius 1 is 1.60 bits per heavy atom. The first-order valence-electron chi connectivity index (χ1n) is 4.33. The number of anilines is 2. The third-order valence-electron chi connectivity index (χ3n) is 2.29. The van der Waals surface area contributed by atoms with E-state index in [0.29, 0.717) is 5.69 Å². The number of aryl methyl sites for hydroxylation is 1. The van der Waals surface area contributed by atoms with Gasteiger partial charge in [0.25, 0.3) is 0 Å². The smallest absolute Gasteiger partial charge is 0.339 e. The number of benzene rings is 1. The molecule has 0 aromatic heterocycles. The molecule has 1 aromatic carbocycles. The molecular formula is C11H12N2O2. The van der Waals surface area contributed by atoms with Crippen LogP contribution in [-0.4, -0.2) is 11.1 Å². The van der Waals surface area contributed by atoms with E-state index in [1.165, 1.54) is 0 Å². The van der Waals surface area contributed by atoms with E-state index in [2.05, 4.69) is 11.4 Å². The van der Waals surface area contributed by atoms with Crippen molar-refractivity contribution in [1.29, 1.82) is 0 Å². The highest BCUT2D eigenvalue weighted by Crippen LogP contribution is 2.29. The van der Waals surface area contributed by atoms with E-state index in [-0.39, 0.29) is 11.3 Å². The predicted octanol–water partition coefficient (Wildman–Crippen LogP) is 1.59. The van der Waals surface area contributed by atoms with Crippen molar-refractivity contribution in [2.75, 3.05) is 11.1 Å². The average molecular weight is 204 g/mol. The summed E-state index contributed by atoms with van der Waals surface area (Å²) in [4.78, 5) is 11.0. The van der Waals surface area contributed by atoms with E-state index in [1.54, 1.807) is 13.0 Å². The van der Waals surface area contributed by atoms with Crippen LogP contribution in [-0.2, 0) is 0 Å². The second-order valence-corrected chi connectivity index (χ2v) is 3.23. The molecule has 4 nitrogen and oxygen atoms in total. The molecule has 0 aliphatic heterocycles. The van der Waals surface area contributed by atoms with E-state index in [1.807, 2.05) is 6.92 Å². The molecule has 1 aromatic rings. The Bertz CT molecular complexity index is 459. The van der Waals surface area contributed by atoms with Crippen molar-refractivity contribution in [3.8, 4) is 12.5 Å². The Morgan fingerprint density at radius 2 is 2.20 bits per heavy atom. The van der Waals surface area contributed by atoms with Gasteiger partial charge in [-0.25, -0.2) is 4.79 Å². The normalized spacial score (nSPS) is 9.40. The van der Waals surface area contributed by atoms with Crippen molar-refractivity contribution < 1.29 is 9.90 Å². The van der Waals surface area contributed by atoms with Gasteiger partial charge in [0.05, 0.1) is 5.69 Å². The van der Waals surface area contributed by atoms with Crippen LogP contribution in [0.3, 0.4) is 0 Å². The molecule has 0 unspecified atom stereocenters. The summed E-state index contributed by atoms with van der Waals surface area (Å²) in [5.41, 5.74) is 7.95. The van der Waals surface area contributed by atoms with Crippen LogP contribution < -0.4 is 11.1 Å². The second-order valence-electron chi connectivity index (χ2n) is 3.23. The number of carboxylic acids is 1. The maximum absolute atomic E-state index is 11.0. The molecule has 78 valence electrons. The van der Waals surface area contributed by atoms with Crippen molar-refractivity contribution in [2.45, 2.75) is 13.8 Å². The van der Waals surface area contributed by atoms with Crippen LogP contribution in [0.5, 0.6) is 0 Å². The minimum absolute atomic E-state index is 0.0241. The van der Waals surface area contributed by atoms with Crippen molar-refractivity contribution >= 4 is 17.3 Å². The molecule has 0 heterocycles. The van der Waals surface area contributed by atoms with Crippen LogP contribution in [0, 0.1) is 26.3 Å².